The van der Waals surface area contributed by atoms with Gasteiger partial charge in [-0.15, -0.1) is 0 Å². The van der Waals surface area contributed by atoms with Crippen molar-refractivity contribution < 1.29 is 9.47 Å². The van der Waals surface area contributed by atoms with Gasteiger partial charge in [0.2, 0.25) is 0 Å². The fourth-order valence-electron chi connectivity index (χ4n) is 2.89. The molecule has 2 fully saturated rings. The summed E-state index contributed by atoms with van der Waals surface area (Å²) in [5.74, 6) is 0. The first-order valence-electron chi connectivity index (χ1n) is 7.06. The maximum atomic E-state index is 6.00. The van der Waals surface area contributed by atoms with Gasteiger partial charge in [0.1, 0.15) is 0 Å². The molecule has 0 saturated carbocycles. The molecule has 2 rings (SSSR count). The summed E-state index contributed by atoms with van der Waals surface area (Å²) in [6.07, 6.45) is 4.57. The highest BCUT2D eigenvalue weighted by molar-refractivity contribution is 4.90. The van der Waals surface area contributed by atoms with Crippen molar-refractivity contribution in [3.05, 3.63) is 0 Å². The summed E-state index contributed by atoms with van der Waals surface area (Å²) in [4.78, 5) is 0. The topological polar surface area (TPSA) is 30.5 Å². The van der Waals surface area contributed by atoms with E-state index in [4.69, 9.17) is 9.47 Å². The van der Waals surface area contributed by atoms with Gasteiger partial charge in [-0.05, 0) is 25.7 Å². The van der Waals surface area contributed by atoms with Crippen molar-refractivity contribution in [2.45, 2.75) is 58.1 Å². The molecular formula is C14H27NO2. The second-order valence-electron chi connectivity index (χ2n) is 6.11. The lowest BCUT2D eigenvalue weighted by Gasteiger charge is -2.43. The highest BCUT2D eigenvalue weighted by Gasteiger charge is 2.37. The zero-order valence-electron chi connectivity index (χ0n) is 11.6. The van der Waals surface area contributed by atoms with Crippen LogP contribution in [0.4, 0.5) is 0 Å². The van der Waals surface area contributed by atoms with Gasteiger partial charge in [0, 0.05) is 24.6 Å². The molecule has 2 heterocycles. The minimum Gasteiger partial charge on any atom is -0.380 e. The van der Waals surface area contributed by atoms with Crippen molar-refractivity contribution in [2.24, 2.45) is 5.41 Å². The van der Waals surface area contributed by atoms with Crippen molar-refractivity contribution in [1.29, 1.82) is 0 Å². The predicted molar refractivity (Wildman–Crippen MR) is 69.2 cm³/mol. The molecule has 0 aromatic heterocycles. The van der Waals surface area contributed by atoms with Crippen LogP contribution in [-0.4, -0.2) is 38.0 Å². The second-order valence-corrected chi connectivity index (χ2v) is 6.11. The Morgan fingerprint density at radius 1 is 1.24 bits per heavy atom. The molecule has 0 bridgehead atoms. The molecule has 0 spiro atoms. The number of ether oxygens (including phenoxy) is 2. The molecular weight excluding hydrogens is 214 g/mol. The summed E-state index contributed by atoms with van der Waals surface area (Å²) in [7, 11) is 0. The van der Waals surface area contributed by atoms with E-state index in [1.807, 2.05) is 0 Å². The normalized spacial score (nSPS) is 30.9. The van der Waals surface area contributed by atoms with Crippen LogP contribution in [0.3, 0.4) is 0 Å². The lowest BCUT2D eigenvalue weighted by Crippen LogP contribution is -2.53. The van der Waals surface area contributed by atoms with E-state index in [9.17, 15) is 0 Å². The molecule has 1 atom stereocenters. The van der Waals surface area contributed by atoms with E-state index in [1.54, 1.807) is 0 Å². The molecule has 3 heteroatoms. The van der Waals surface area contributed by atoms with E-state index in [1.165, 1.54) is 0 Å². The van der Waals surface area contributed by atoms with Crippen molar-refractivity contribution >= 4 is 0 Å². The number of rotatable bonds is 5. The van der Waals surface area contributed by atoms with Crippen LogP contribution in [0.1, 0.15) is 46.5 Å². The Labute approximate surface area is 105 Å². The van der Waals surface area contributed by atoms with Crippen molar-refractivity contribution in [3.63, 3.8) is 0 Å². The van der Waals surface area contributed by atoms with Gasteiger partial charge in [-0.1, -0.05) is 20.8 Å². The van der Waals surface area contributed by atoms with Gasteiger partial charge in [0.25, 0.3) is 0 Å². The van der Waals surface area contributed by atoms with Gasteiger partial charge in [0.05, 0.1) is 18.8 Å². The Morgan fingerprint density at radius 2 is 1.94 bits per heavy atom. The Morgan fingerprint density at radius 3 is 2.47 bits per heavy atom. The summed E-state index contributed by atoms with van der Waals surface area (Å²) < 4.78 is 11.3. The third-order valence-electron chi connectivity index (χ3n) is 4.50. The third-order valence-corrected chi connectivity index (χ3v) is 4.50. The molecule has 0 radical (unpaired) electrons. The largest absolute Gasteiger partial charge is 0.380 e. The molecule has 1 N–H and O–H groups in total. The maximum Gasteiger partial charge on any atom is 0.0692 e. The lowest BCUT2D eigenvalue weighted by molar-refractivity contribution is -0.112. The Balaban J connectivity index is 1.80. The highest BCUT2D eigenvalue weighted by atomic mass is 16.5. The highest BCUT2D eigenvalue weighted by Crippen LogP contribution is 2.32. The van der Waals surface area contributed by atoms with Gasteiger partial charge in [-0.25, -0.2) is 0 Å². The Kier molecular flexibility index (Phi) is 4.11. The zero-order chi connectivity index (χ0) is 12.4. The number of hydrogen-bond acceptors (Lipinski definition) is 3. The van der Waals surface area contributed by atoms with Gasteiger partial charge in [0.15, 0.2) is 0 Å². The van der Waals surface area contributed by atoms with E-state index < -0.39 is 0 Å². The molecule has 3 nitrogen and oxygen atoms in total. The second kappa shape index (κ2) is 5.25. The van der Waals surface area contributed by atoms with Crippen LogP contribution in [0.5, 0.6) is 0 Å². The van der Waals surface area contributed by atoms with Gasteiger partial charge in [-0.3, -0.25) is 0 Å². The molecule has 1 unspecified atom stereocenters. The smallest absolute Gasteiger partial charge is 0.0692 e. The van der Waals surface area contributed by atoms with Crippen LogP contribution in [-0.2, 0) is 9.47 Å². The van der Waals surface area contributed by atoms with Crippen LogP contribution in [0, 0.1) is 5.41 Å². The minimum absolute atomic E-state index is 0.132. The number of nitrogens with one attached hydrogen (secondary N) is 1. The molecule has 0 aromatic carbocycles. The first-order chi connectivity index (χ1) is 8.11. The van der Waals surface area contributed by atoms with Crippen LogP contribution < -0.4 is 5.32 Å². The van der Waals surface area contributed by atoms with Gasteiger partial charge in [-0.2, -0.15) is 0 Å². The van der Waals surface area contributed by atoms with E-state index in [0.29, 0.717) is 11.5 Å². The average Bonchev–Trinajstić information content (AvgIpc) is 2.34. The average molecular weight is 241 g/mol. The van der Waals surface area contributed by atoms with Crippen LogP contribution in [0.15, 0.2) is 0 Å². The molecule has 17 heavy (non-hydrogen) atoms. The SMILES string of the molecule is CCC1(CC)CC(NCC2(C)COC2)CCO1. The van der Waals surface area contributed by atoms with E-state index in [-0.39, 0.29) is 5.60 Å². The Hall–Kier alpha value is -0.120. The summed E-state index contributed by atoms with van der Waals surface area (Å²) in [6.45, 7) is 10.6. The first kappa shape index (κ1) is 13.3. The van der Waals surface area contributed by atoms with Crippen molar-refractivity contribution in [1.82, 2.24) is 5.32 Å². The predicted octanol–water partition coefficient (Wildman–Crippen LogP) is 2.35. The van der Waals surface area contributed by atoms with Crippen LogP contribution in [0.2, 0.25) is 0 Å². The summed E-state index contributed by atoms with van der Waals surface area (Å²) in [6, 6.07) is 0.626. The Bertz CT molecular complexity index is 247. The maximum absolute atomic E-state index is 6.00. The first-order valence-corrected chi connectivity index (χ1v) is 7.06. The van der Waals surface area contributed by atoms with E-state index in [2.05, 4.69) is 26.1 Å². The minimum atomic E-state index is 0.132. The number of hydrogen-bond donors (Lipinski definition) is 1. The van der Waals surface area contributed by atoms with Gasteiger partial charge >= 0.3 is 0 Å². The fourth-order valence-corrected chi connectivity index (χ4v) is 2.89. The van der Waals surface area contributed by atoms with Gasteiger partial charge < -0.3 is 14.8 Å². The van der Waals surface area contributed by atoms with Crippen molar-refractivity contribution in [3.8, 4) is 0 Å². The van der Waals surface area contributed by atoms with Crippen LogP contribution >= 0.6 is 0 Å². The standard InChI is InChI=1S/C14H27NO2/c1-4-14(5-2)8-12(6-7-17-14)15-9-13(3)10-16-11-13/h12,15H,4-11H2,1-3H3. The van der Waals surface area contributed by atoms with Crippen LogP contribution in [0.25, 0.3) is 0 Å². The summed E-state index contributed by atoms with van der Waals surface area (Å²) in [5.41, 5.74) is 0.506. The summed E-state index contributed by atoms with van der Waals surface area (Å²) >= 11 is 0. The fraction of sp³-hybridized carbons (Fsp3) is 1.00. The third kappa shape index (κ3) is 3.01. The van der Waals surface area contributed by atoms with E-state index in [0.717, 1.165) is 52.0 Å². The molecule has 0 amide bonds. The quantitative estimate of drug-likeness (QED) is 0.801. The molecule has 2 saturated heterocycles. The van der Waals surface area contributed by atoms with E-state index >= 15 is 0 Å². The summed E-state index contributed by atoms with van der Waals surface area (Å²) in [5, 5.41) is 3.73. The monoisotopic (exact) mass is 241 g/mol. The lowest BCUT2D eigenvalue weighted by atomic mass is 9.84. The molecule has 2 aliphatic heterocycles. The van der Waals surface area contributed by atoms with Crippen molar-refractivity contribution in [2.75, 3.05) is 26.4 Å². The molecule has 2 aliphatic rings. The molecule has 0 aliphatic carbocycles. The molecule has 100 valence electrons. The zero-order valence-corrected chi connectivity index (χ0v) is 11.6. The molecule has 0 aromatic rings.